The molecule has 2 N–H and O–H groups in total. The minimum absolute atomic E-state index is 0.278. The number of nitrogens with one attached hydrogen (secondary N) is 1. The molecule has 0 aliphatic carbocycles. The zero-order valence-corrected chi connectivity index (χ0v) is 9.94. The molecule has 0 unspecified atom stereocenters. The highest BCUT2D eigenvalue weighted by Crippen LogP contribution is 2.07. The fourth-order valence-electron chi connectivity index (χ4n) is 1.52. The zero-order valence-electron chi connectivity index (χ0n) is 9.94. The summed E-state index contributed by atoms with van der Waals surface area (Å²) in [6, 6.07) is -0.361. The summed E-state index contributed by atoms with van der Waals surface area (Å²) in [5, 5.41) is 12.1. The van der Waals surface area contributed by atoms with E-state index in [9.17, 15) is 9.90 Å². The van der Waals surface area contributed by atoms with Gasteiger partial charge in [0.05, 0.1) is 12.7 Å². The number of ether oxygens (including phenoxy) is 2. The number of esters is 1. The molecule has 1 aliphatic heterocycles. The molecule has 1 fully saturated rings. The lowest BCUT2D eigenvalue weighted by molar-refractivity contribution is -0.147. The summed E-state index contributed by atoms with van der Waals surface area (Å²) in [5.41, 5.74) is 0. The van der Waals surface area contributed by atoms with E-state index in [1.807, 2.05) is 0 Å². The van der Waals surface area contributed by atoms with E-state index < -0.39 is 6.10 Å². The summed E-state index contributed by atoms with van der Waals surface area (Å²) in [7, 11) is 0. The Bertz CT molecular complexity index is 220. The van der Waals surface area contributed by atoms with E-state index in [0.29, 0.717) is 32.1 Å². The molecule has 0 amide bonds. The third-order valence-electron chi connectivity index (χ3n) is 2.32. The molecule has 16 heavy (non-hydrogen) atoms. The topological polar surface area (TPSA) is 67.8 Å². The van der Waals surface area contributed by atoms with Crippen molar-refractivity contribution in [3.05, 3.63) is 0 Å². The lowest BCUT2D eigenvalue weighted by Crippen LogP contribution is -2.33. The summed E-state index contributed by atoms with van der Waals surface area (Å²) in [6.45, 7) is 5.98. The van der Waals surface area contributed by atoms with Crippen LogP contribution in [0.4, 0.5) is 0 Å². The van der Waals surface area contributed by atoms with Gasteiger partial charge in [-0.3, -0.25) is 4.79 Å². The molecule has 0 bridgehead atoms. The molecular formula is C11H21NO4. The van der Waals surface area contributed by atoms with Crippen molar-refractivity contribution >= 4 is 5.97 Å². The Morgan fingerprint density at radius 1 is 1.50 bits per heavy atom. The molecular weight excluding hydrogens is 210 g/mol. The van der Waals surface area contributed by atoms with Crippen molar-refractivity contribution < 1.29 is 19.4 Å². The third-order valence-corrected chi connectivity index (χ3v) is 2.32. The first-order valence-electron chi connectivity index (χ1n) is 5.75. The van der Waals surface area contributed by atoms with Crippen LogP contribution in [0, 0.1) is 5.92 Å². The monoisotopic (exact) mass is 231 g/mol. The Kier molecular flexibility index (Phi) is 5.73. The number of rotatable bonds is 6. The van der Waals surface area contributed by atoms with Gasteiger partial charge in [0.25, 0.3) is 0 Å². The van der Waals surface area contributed by atoms with E-state index in [1.54, 1.807) is 0 Å². The van der Waals surface area contributed by atoms with Gasteiger partial charge in [-0.2, -0.15) is 0 Å². The average Bonchev–Trinajstić information content (AvgIpc) is 2.63. The lowest BCUT2D eigenvalue weighted by atomic mass is 10.2. The second kappa shape index (κ2) is 6.83. The van der Waals surface area contributed by atoms with Crippen molar-refractivity contribution in [3.8, 4) is 0 Å². The highest BCUT2D eigenvalue weighted by Gasteiger charge is 2.28. The Morgan fingerprint density at radius 2 is 2.25 bits per heavy atom. The SMILES string of the molecule is CC(C)COCCOC(=O)[C@@H]1C[C@@H](O)CN1. The van der Waals surface area contributed by atoms with Crippen molar-refractivity contribution in [3.63, 3.8) is 0 Å². The van der Waals surface area contributed by atoms with Gasteiger partial charge in [0, 0.05) is 19.6 Å². The molecule has 1 heterocycles. The van der Waals surface area contributed by atoms with Gasteiger partial charge in [-0.25, -0.2) is 0 Å². The summed E-state index contributed by atoms with van der Waals surface area (Å²) in [5.74, 6) is 0.187. The standard InChI is InChI=1S/C11H21NO4/c1-8(2)7-15-3-4-16-11(14)10-5-9(13)6-12-10/h8-10,12-13H,3-7H2,1-2H3/t9-,10+/m1/s1. The molecule has 5 nitrogen and oxygen atoms in total. The van der Waals surface area contributed by atoms with Crippen LogP contribution in [0.25, 0.3) is 0 Å². The van der Waals surface area contributed by atoms with Crippen LogP contribution in [0.3, 0.4) is 0 Å². The number of aliphatic hydroxyl groups excluding tert-OH is 1. The van der Waals surface area contributed by atoms with Crippen molar-refractivity contribution in [2.45, 2.75) is 32.4 Å². The highest BCUT2D eigenvalue weighted by molar-refractivity contribution is 5.76. The number of hydrogen-bond donors (Lipinski definition) is 2. The van der Waals surface area contributed by atoms with Crippen LogP contribution in [0.5, 0.6) is 0 Å². The predicted octanol–water partition coefficient (Wildman–Crippen LogP) is -0.0750. The first kappa shape index (κ1) is 13.4. The maximum atomic E-state index is 11.4. The third kappa shape index (κ3) is 4.92. The second-order valence-corrected chi connectivity index (χ2v) is 4.49. The van der Waals surface area contributed by atoms with Gasteiger partial charge in [-0.1, -0.05) is 13.8 Å². The van der Waals surface area contributed by atoms with Gasteiger partial charge >= 0.3 is 5.97 Å². The van der Waals surface area contributed by atoms with Crippen molar-refractivity contribution in [2.24, 2.45) is 5.92 Å². The number of carbonyl (C=O) groups is 1. The Morgan fingerprint density at radius 3 is 2.81 bits per heavy atom. The molecule has 0 aromatic heterocycles. The molecule has 1 aliphatic rings. The summed E-state index contributed by atoms with van der Waals surface area (Å²) in [4.78, 5) is 11.4. The maximum absolute atomic E-state index is 11.4. The molecule has 1 rings (SSSR count). The molecule has 94 valence electrons. The number of carbonyl (C=O) groups excluding carboxylic acids is 1. The first-order valence-corrected chi connectivity index (χ1v) is 5.75. The maximum Gasteiger partial charge on any atom is 0.323 e. The Balaban J connectivity index is 2.02. The molecule has 0 radical (unpaired) electrons. The van der Waals surface area contributed by atoms with E-state index in [-0.39, 0.29) is 18.6 Å². The van der Waals surface area contributed by atoms with Crippen LogP contribution in [-0.2, 0) is 14.3 Å². The number of aliphatic hydroxyl groups is 1. The minimum atomic E-state index is -0.435. The molecule has 1 saturated heterocycles. The molecule has 0 aromatic rings. The molecule has 0 aromatic carbocycles. The van der Waals surface area contributed by atoms with Gasteiger partial charge in [-0.05, 0) is 5.92 Å². The molecule has 0 saturated carbocycles. The van der Waals surface area contributed by atoms with Crippen LogP contribution in [0.1, 0.15) is 20.3 Å². The Labute approximate surface area is 96.1 Å². The van der Waals surface area contributed by atoms with Gasteiger partial charge in [-0.15, -0.1) is 0 Å². The fraction of sp³-hybridized carbons (Fsp3) is 0.909. The summed E-state index contributed by atoms with van der Waals surface area (Å²) in [6.07, 6.45) is 0.000770. The quantitative estimate of drug-likeness (QED) is 0.494. The van der Waals surface area contributed by atoms with Crippen molar-refractivity contribution in [1.29, 1.82) is 0 Å². The lowest BCUT2D eigenvalue weighted by Gasteiger charge is -2.11. The van der Waals surface area contributed by atoms with E-state index in [1.165, 1.54) is 0 Å². The smallest absolute Gasteiger partial charge is 0.323 e. The van der Waals surface area contributed by atoms with Crippen molar-refractivity contribution in [2.75, 3.05) is 26.4 Å². The normalized spacial score (nSPS) is 25.0. The predicted molar refractivity (Wildman–Crippen MR) is 59.0 cm³/mol. The molecule has 2 atom stereocenters. The molecule has 5 heteroatoms. The van der Waals surface area contributed by atoms with E-state index in [0.717, 1.165) is 0 Å². The van der Waals surface area contributed by atoms with Crippen LogP contribution in [-0.4, -0.2) is 49.6 Å². The van der Waals surface area contributed by atoms with Gasteiger partial charge in [0.15, 0.2) is 0 Å². The van der Waals surface area contributed by atoms with E-state index in [4.69, 9.17) is 9.47 Å². The molecule has 0 spiro atoms. The second-order valence-electron chi connectivity index (χ2n) is 4.49. The van der Waals surface area contributed by atoms with Gasteiger partial charge in [0.1, 0.15) is 12.6 Å². The number of β-amino-alcohol motifs (C(OH)–C–C–N with tert-alkyl or cyclic N) is 1. The summed E-state index contributed by atoms with van der Waals surface area (Å²) < 4.78 is 10.3. The summed E-state index contributed by atoms with van der Waals surface area (Å²) >= 11 is 0. The first-order chi connectivity index (χ1) is 7.59. The number of hydrogen-bond acceptors (Lipinski definition) is 5. The van der Waals surface area contributed by atoms with Crippen LogP contribution < -0.4 is 5.32 Å². The van der Waals surface area contributed by atoms with Crippen LogP contribution in [0.15, 0.2) is 0 Å². The zero-order chi connectivity index (χ0) is 12.0. The van der Waals surface area contributed by atoms with E-state index in [2.05, 4.69) is 19.2 Å². The fourth-order valence-corrected chi connectivity index (χ4v) is 1.52. The minimum Gasteiger partial charge on any atom is -0.462 e. The van der Waals surface area contributed by atoms with Crippen molar-refractivity contribution in [1.82, 2.24) is 5.32 Å². The largest absolute Gasteiger partial charge is 0.462 e. The average molecular weight is 231 g/mol. The van der Waals surface area contributed by atoms with Gasteiger partial charge < -0.3 is 19.9 Å². The van der Waals surface area contributed by atoms with Crippen LogP contribution >= 0.6 is 0 Å². The van der Waals surface area contributed by atoms with E-state index >= 15 is 0 Å². The Hall–Kier alpha value is -0.650. The van der Waals surface area contributed by atoms with Gasteiger partial charge in [0.2, 0.25) is 0 Å². The highest BCUT2D eigenvalue weighted by atomic mass is 16.6. The van der Waals surface area contributed by atoms with Crippen LogP contribution in [0.2, 0.25) is 0 Å².